The topological polar surface area (TPSA) is 109 Å². The first-order chi connectivity index (χ1) is 13.9. The summed E-state index contributed by atoms with van der Waals surface area (Å²) >= 11 is 6.19. The van der Waals surface area contributed by atoms with Gasteiger partial charge in [-0.15, -0.1) is 0 Å². The molecule has 29 heavy (non-hydrogen) atoms. The number of nitrogens with zero attached hydrogens (tertiary/aromatic N) is 5. The molecule has 0 aliphatic rings. The lowest BCUT2D eigenvalue weighted by Gasteiger charge is -2.25. The highest BCUT2D eigenvalue weighted by molar-refractivity contribution is 6.28. The molecular weight excluding hydrogens is 394 g/mol. The fourth-order valence-corrected chi connectivity index (χ4v) is 3.18. The lowest BCUT2D eigenvalue weighted by Crippen LogP contribution is -2.30. The Hall–Kier alpha value is -2.78. The van der Waals surface area contributed by atoms with E-state index in [1.807, 2.05) is 26.0 Å². The smallest absolute Gasteiger partial charge is 0.225 e. The Kier molecular flexibility index (Phi) is 6.60. The van der Waals surface area contributed by atoms with Gasteiger partial charge in [0.25, 0.3) is 0 Å². The predicted molar refractivity (Wildman–Crippen MR) is 111 cm³/mol. The molecule has 1 unspecified atom stereocenters. The zero-order valence-corrected chi connectivity index (χ0v) is 17.6. The summed E-state index contributed by atoms with van der Waals surface area (Å²) in [6, 6.07) is 3.49. The summed E-state index contributed by atoms with van der Waals surface area (Å²) in [6.07, 6.45) is 2.29. The van der Waals surface area contributed by atoms with Gasteiger partial charge in [-0.2, -0.15) is 10.1 Å². The van der Waals surface area contributed by atoms with Gasteiger partial charge < -0.3 is 15.0 Å². The molecule has 1 amide bonds. The predicted octanol–water partition coefficient (Wildman–Crippen LogP) is 3.40. The van der Waals surface area contributed by atoms with Crippen LogP contribution in [-0.2, 0) is 9.53 Å². The second-order valence-electron chi connectivity index (χ2n) is 6.65. The molecule has 0 aliphatic heterocycles. The van der Waals surface area contributed by atoms with Crippen LogP contribution in [0.3, 0.4) is 0 Å². The molecule has 0 saturated heterocycles. The SMILES string of the molecule is CCOCCC(c1n[nH]c2c(Nc3cc(C)ccn3)nc(Cl)nc12)N(C)C(C)=O. The number of aryl methyl sites for hydroxylation is 1. The van der Waals surface area contributed by atoms with Gasteiger partial charge in [-0.05, 0) is 49.6 Å². The number of carbonyl (C=O) groups excluding carboxylic acids is 1. The number of carbonyl (C=O) groups is 1. The Morgan fingerprint density at radius 3 is 2.90 bits per heavy atom. The van der Waals surface area contributed by atoms with E-state index in [-0.39, 0.29) is 17.2 Å². The van der Waals surface area contributed by atoms with Gasteiger partial charge in [0.05, 0.1) is 6.04 Å². The van der Waals surface area contributed by atoms with Crippen LogP contribution in [0.1, 0.15) is 37.6 Å². The van der Waals surface area contributed by atoms with Gasteiger partial charge in [0.15, 0.2) is 5.82 Å². The molecule has 1 atom stereocenters. The molecule has 9 nitrogen and oxygen atoms in total. The van der Waals surface area contributed by atoms with E-state index < -0.39 is 0 Å². The Labute approximate surface area is 173 Å². The summed E-state index contributed by atoms with van der Waals surface area (Å²) in [5.41, 5.74) is 2.81. The number of amides is 1. The van der Waals surface area contributed by atoms with Crippen LogP contribution in [0.15, 0.2) is 18.3 Å². The average molecular weight is 418 g/mol. The van der Waals surface area contributed by atoms with Crippen molar-refractivity contribution in [2.24, 2.45) is 0 Å². The van der Waals surface area contributed by atoms with Gasteiger partial charge in [0, 0.05) is 33.4 Å². The number of H-pyrrole nitrogens is 1. The number of hydrogen-bond donors (Lipinski definition) is 2. The van der Waals surface area contributed by atoms with Crippen molar-refractivity contribution in [1.29, 1.82) is 0 Å². The van der Waals surface area contributed by atoms with Gasteiger partial charge >= 0.3 is 0 Å². The monoisotopic (exact) mass is 417 g/mol. The number of hydrogen-bond acceptors (Lipinski definition) is 7. The molecule has 0 radical (unpaired) electrons. The van der Waals surface area contributed by atoms with Gasteiger partial charge in [-0.25, -0.2) is 9.97 Å². The van der Waals surface area contributed by atoms with Gasteiger partial charge in [-0.3, -0.25) is 9.89 Å². The Morgan fingerprint density at radius 2 is 2.21 bits per heavy atom. The standard InChI is InChI=1S/C19H24ClN7O2/c1-5-29-9-7-13(27(4)12(3)28)15-16-17(26-25-15)18(24-19(20)23-16)22-14-10-11(2)6-8-21-14/h6,8,10,13H,5,7,9H2,1-4H3,(H,25,26)(H,21,22,23,24). The number of halogens is 1. The van der Waals surface area contributed by atoms with Crippen molar-refractivity contribution in [3.8, 4) is 0 Å². The molecule has 10 heteroatoms. The highest BCUT2D eigenvalue weighted by Crippen LogP contribution is 2.31. The molecule has 0 bridgehead atoms. The summed E-state index contributed by atoms with van der Waals surface area (Å²) in [5, 5.41) is 10.7. The van der Waals surface area contributed by atoms with Gasteiger partial charge in [0.2, 0.25) is 11.2 Å². The Bertz CT molecular complexity index is 1010. The van der Waals surface area contributed by atoms with Crippen molar-refractivity contribution in [1.82, 2.24) is 30.0 Å². The number of anilines is 2. The number of aromatic nitrogens is 5. The van der Waals surface area contributed by atoms with E-state index in [4.69, 9.17) is 16.3 Å². The zero-order valence-electron chi connectivity index (χ0n) is 16.9. The third-order valence-electron chi connectivity index (χ3n) is 4.59. The normalized spacial score (nSPS) is 12.2. The molecule has 0 aliphatic carbocycles. The minimum Gasteiger partial charge on any atom is -0.382 e. The fraction of sp³-hybridized carbons (Fsp3) is 0.421. The first-order valence-corrected chi connectivity index (χ1v) is 9.70. The second-order valence-corrected chi connectivity index (χ2v) is 6.99. The van der Waals surface area contributed by atoms with E-state index >= 15 is 0 Å². The number of rotatable bonds is 8. The van der Waals surface area contributed by atoms with E-state index in [1.165, 1.54) is 6.92 Å². The second kappa shape index (κ2) is 9.15. The fourth-order valence-electron chi connectivity index (χ4n) is 3.01. The average Bonchev–Trinajstić information content (AvgIpc) is 3.08. The molecular formula is C19H24ClN7O2. The quantitative estimate of drug-likeness (QED) is 0.427. The maximum absolute atomic E-state index is 12.0. The molecule has 0 aromatic carbocycles. The van der Waals surface area contributed by atoms with Crippen LogP contribution >= 0.6 is 11.6 Å². The summed E-state index contributed by atoms with van der Waals surface area (Å²) < 4.78 is 5.49. The Morgan fingerprint density at radius 1 is 1.41 bits per heavy atom. The zero-order chi connectivity index (χ0) is 21.0. The molecule has 0 saturated carbocycles. The minimum atomic E-state index is -0.316. The van der Waals surface area contributed by atoms with Crippen molar-refractivity contribution in [2.75, 3.05) is 25.6 Å². The molecule has 2 N–H and O–H groups in total. The summed E-state index contributed by atoms with van der Waals surface area (Å²) in [5.74, 6) is 1.02. The van der Waals surface area contributed by atoms with E-state index in [9.17, 15) is 4.79 Å². The number of ether oxygens (including phenoxy) is 1. The van der Waals surface area contributed by atoms with Crippen molar-refractivity contribution < 1.29 is 9.53 Å². The van der Waals surface area contributed by atoms with Crippen LogP contribution in [0.2, 0.25) is 5.28 Å². The number of fused-ring (bicyclic) bond motifs is 1. The molecule has 3 aromatic rings. The lowest BCUT2D eigenvalue weighted by atomic mass is 10.1. The highest BCUT2D eigenvalue weighted by atomic mass is 35.5. The molecule has 3 rings (SSSR count). The van der Waals surface area contributed by atoms with Gasteiger partial charge in [0.1, 0.15) is 22.5 Å². The van der Waals surface area contributed by atoms with Crippen LogP contribution in [0.5, 0.6) is 0 Å². The van der Waals surface area contributed by atoms with Crippen LogP contribution < -0.4 is 5.32 Å². The lowest BCUT2D eigenvalue weighted by molar-refractivity contribution is -0.130. The van der Waals surface area contributed by atoms with Crippen molar-refractivity contribution in [3.05, 3.63) is 34.9 Å². The van der Waals surface area contributed by atoms with Crippen LogP contribution in [0, 0.1) is 6.92 Å². The molecule has 0 fully saturated rings. The van der Waals surface area contributed by atoms with Crippen molar-refractivity contribution in [2.45, 2.75) is 33.2 Å². The number of aromatic amines is 1. The maximum atomic E-state index is 12.0. The summed E-state index contributed by atoms with van der Waals surface area (Å²) in [7, 11) is 1.73. The van der Waals surface area contributed by atoms with Gasteiger partial charge in [-0.1, -0.05) is 0 Å². The number of pyridine rings is 1. The summed E-state index contributed by atoms with van der Waals surface area (Å²) in [4.78, 5) is 26.6. The molecule has 0 spiro atoms. The van der Waals surface area contributed by atoms with Crippen molar-refractivity contribution >= 4 is 40.2 Å². The highest BCUT2D eigenvalue weighted by Gasteiger charge is 2.26. The number of nitrogens with one attached hydrogen (secondary N) is 2. The summed E-state index contributed by atoms with van der Waals surface area (Å²) in [6.45, 7) is 6.51. The minimum absolute atomic E-state index is 0.0735. The van der Waals surface area contributed by atoms with Crippen LogP contribution in [0.25, 0.3) is 11.0 Å². The van der Waals surface area contributed by atoms with E-state index in [0.29, 0.717) is 48.0 Å². The van der Waals surface area contributed by atoms with E-state index in [0.717, 1.165) is 5.56 Å². The van der Waals surface area contributed by atoms with E-state index in [2.05, 4.69) is 30.5 Å². The molecule has 154 valence electrons. The van der Waals surface area contributed by atoms with Crippen LogP contribution in [-0.4, -0.2) is 56.2 Å². The third kappa shape index (κ3) is 4.80. The molecule has 3 heterocycles. The van der Waals surface area contributed by atoms with E-state index in [1.54, 1.807) is 18.1 Å². The Balaban J connectivity index is 2.02. The maximum Gasteiger partial charge on any atom is 0.225 e. The first-order valence-electron chi connectivity index (χ1n) is 9.33. The van der Waals surface area contributed by atoms with Crippen LogP contribution in [0.4, 0.5) is 11.6 Å². The molecule has 3 aromatic heterocycles. The first kappa shape index (κ1) is 20.9. The third-order valence-corrected chi connectivity index (χ3v) is 4.76. The largest absolute Gasteiger partial charge is 0.382 e. The van der Waals surface area contributed by atoms with Crippen molar-refractivity contribution in [3.63, 3.8) is 0 Å².